The van der Waals surface area contributed by atoms with Crippen molar-refractivity contribution in [3.8, 4) is 5.75 Å². The maximum atomic E-state index is 13.0. The summed E-state index contributed by atoms with van der Waals surface area (Å²) in [4.78, 5) is 27.5. The van der Waals surface area contributed by atoms with E-state index < -0.39 is 6.04 Å². The number of nitrogens with one attached hydrogen (secondary N) is 1. The highest BCUT2D eigenvalue weighted by molar-refractivity contribution is 5.88. The molecule has 1 saturated carbocycles. The van der Waals surface area contributed by atoms with Crippen molar-refractivity contribution in [3.05, 3.63) is 66.2 Å². The van der Waals surface area contributed by atoms with Crippen LogP contribution in [0.4, 0.5) is 0 Å². The summed E-state index contributed by atoms with van der Waals surface area (Å²) in [5, 5.41) is 3.15. The van der Waals surface area contributed by atoms with Gasteiger partial charge in [-0.2, -0.15) is 0 Å². The predicted octanol–water partition coefficient (Wildman–Crippen LogP) is 3.97. The van der Waals surface area contributed by atoms with Crippen LogP contribution in [-0.2, 0) is 16.0 Å². The molecule has 0 radical (unpaired) electrons. The molecular formula is C25H32N2O3. The Morgan fingerprint density at radius 3 is 2.30 bits per heavy atom. The van der Waals surface area contributed by atoms with Crippen LogP contribution in [0.25, 0.3) is 0 Å². The van der Waals surface area contributed by atoms with E-state index >= 15 is 0 Å². The minimum absolute atomic E-state index is 0.0805. The zero-order valence-electron chi connectivity index (χ0n) is 17.8. The van der Waals surface area contributed by atoms with Crippen LogP contribution >= 0.6 is 0 Å². The van der Waals surface area contributed by atoms with Gasteiger partial charge in [-0.05, 0) is 43.9 Å². The fourth-order valence-electron chi connectivity index (χ4n) is 3.88. The van der Waals surface area contributed by atoms with Crippen LogP contribution in [0.2, 0.25) is 0 Å². The van der Waals surface area contributed by atoms with Crippen molar-refractivity contribution in [1.29, 1.82) is 0 Å². The molecule has 1 aliphatic carbocycles. The number of carbonyl (C=O) groups excluding carboxylic acids is 2. The predicted molar refractivity (Wildman–Crippen MR) is 118 cm³/mol. The van der Waals surface area contributed by atoms with Gasteiger partial charge >= 0.3 is 0 Å². The Bertz CT molecular complexity index is 789. The molecule has 5 nitrogen and oxygen atoms in total. The van der Waals surface area contributed by atoms with Crippen molar-refractivity contribution in [2.75, 3.05) is 13.2 Å². The van der Waals surface area contributed by atoms with Gasteiger partial charge in [-0.3, -0.25) is 9.59 Å². The first-order valence-corrected chi connectivity index (χ1v) is 10.9. The summed E-state index contributed by atoms with van der Waals surface area (Å²) in [5.74, 6) is 0.386. The van der Waals surface area contributed by atoms with Gasteiger partial charge in [0.2, 0.25) is 5.91 Å². The second kappa shape index (κ2) is 11.4. The summed E-state index contributed by atoms with van der Waals surface area (Å²) in [6.07, 6.45) is 6.28. The van der Waals surface area contributed by atoms with Crippen LogP contribution < -0.4 is 10.1 Å². The number of carbonyl (C=O) groups is 2. The summed E-state index contributed by atoms with van der Waals surface area (Å²) in [5.41, 5.74) is 1.14. The van der Waals surface area contributed by atoms with Crippen LogP contribution in [0.15, 0.2) is 60.7 Å². The molecule has 3 rings (SSSR count). The molecule has 30 heavy (non-hydrogen) atoms. The van der Waals surface area contributed by atoms with E-state index in [2.05, 4.69) is 5.32 Å². The summed E-state index contributed by atoms with van der Waals surface area (Å²) >= 11 is 0. The topological polar surface area (TPSA) is 58.6 Å². The van der Waals surface area contributed by atoms with Crippen molar-refractivity contribution in [2.45, 2.75) is 57.5 Å². The van der Waals surface area contributed by atoms with Gasteiger partial charge < -0.3 is 15.0 Å². The lowest BCUT2D eigenvalue weighted by Gasteiger charge is -2.31. The molecule has 0 saturated heterocycles. The number of benzene rings is 2. The van der Waals surface area contributed by atoms with Gasteiger partial charge in [0.1, 0.15) is 11.8 Å². The smallest absolute Gasteiger partial charge is 0.261 e. The standard InChI is InChI=1S/C25H32N2O3/c1-20(25(29)26-22-13-7-3-8-14-22)27(18-17-21-11-5-2-6-12-21)24(28)19-30-23-15-9-4-10-16-23/h2,4-6,9-12,15-16,20,22H,3,7-8,13-14,17-19H2,1H3,(H,26,29)/t20-/m1/s1. The second-order valence-corrected chi connectivity index (χ2v) is 7.94. The molecule has 2 aromatic rings. The Morgan fingerprint density at radius 2 is 1.63 bits per heavy atom. The van der Waals surface area contributed by atoms with Gasteiger partial charge in [-0.1, -0.05) is 67.8 Å². The number of ether oxygens (including phenoxy) is 1. The minimum atomic E-state index is -0.539. The molecule has 1 fully saturated rings. The van der Waals surface area contributed by atoms with E-state index in [0.29, 0.717) is 18.7 Å². The lowest BCUT2D eigenvalue weighted by atomic mass is 9.95. The summed E-state index contributed by atoms with van der Waals surface area (Å²) in [6.45, 7) is 2.20. The summed E-state index contributed by atoms with van der Waals surface area (Å²) in [7, 11) is 0. The molecule has 2 amide bonds. The van der Waals surface area contributed by atoms with Gasteiger partial charge in [0, 0.05) is 12.6 Å². The fraction of sp³-hybridized carbons (Fsp3) is 0.440. The summed E-state index contributed by atoms with van der Waals surface area (Å²) in [6, 6.07) is 19.0. The molecule has 0 aliphatic heterocycles. The Hall–Kier alpha value is -2.82. The third-order valence-corrected chi connectivity index (χ3v) is 5.71. The number of hydrogen-bond donors (Lipinski definition) is 1. The lowest BCUT2D eigenvalue weighted by molar-refractivity contribution is -0.141. The average molecular weight is 409 g/mol. The molecule has 0 bridgehead atoms. The monoisotopic (exact) mass is 408 g/mol. The number of nitrogens with zero attached hydrogens (tertiary/aromatic N) is 1. The zero-order valence-corrected chi connectivity index (χ0v) is 17.8. The van der Waals surface area contributed by atoms with Gasteiger partial charge in [0.05, 0.1) is 0 Å². The van der Waals surface area contributed by atoms with Crippen LogP contribution in [0.1, 0.15) is 44.6 Å². The van der Waals surface area contributed by atoms with Crippen molar-refractivity contribution >= 4 is 11.8 Å². The molecule has 0 unspecified atom stereocenters. The Kier molecular flexibility index (Phi) is 8.30. The van der Waals surface area contributed by atoms with Crippen molar-refractivity contribution in [3.63, 3.8) is 0 Å². The molecule has 160 valence electrons. The quantitative estimate of drug-likeness (QED) is 0.683. The molecular weight excluding hydrogens is 376 g/mol. The molecule has 1 atom stereocenters. The molecule has 5 heteroatoms. The first-order chi connectivity index (χ1) is 14.6. The molecule has 1 N–H and O–H groups in total. The van der Waals surface area contributed by atoms with E-state index in [-0.39, 0.29) is 24.5 Å². The normalized spacial score (nSPS) is 15.2. The highest BCUT2D eigenvalue weighted by Gasteiger charge is 2.28. The van der Waals surface area contributed by atoms with E-state index in [4.69, 9.17) is 4.74 Å². The van der Waals surface area contributed by atoms with E-state index in [1.807, 2.05) is 67.6 Å². The lowest BCUT2D eigenvalue weighted by Crippen LogP contribution is -2.52. The Balaban J connectivity index is 1.63. The van der Waals surface area contributed by atoms with Crippen LogP contribution in [0.3, 0.4) is 0 Å². The van der Waals surface area contributed by atoms with Crippen molar-refractivity contribution < 1.29 is 14.3 Å². The maximum Gasteiger partial charge on any atom is 0.261 e. The minimum Gasteiger partial charge on any atom is -0.484 e. The first kappa shape index (κ1) is 21.9. The molecule has 1 aliphatic rings. The highest BCUT2D eigenvalue weighted by atomic mass is 16.5. The maximum absolute atomic E-state index is 13.0. The third-order valence-electron chi connectivity index (χ3n) is 5.71. The van der Waals surface area contributed by atoms with E-state index in [1.165, 1.54) is 6.42 Å². The van der Waals surface area contributed by atoms with Crippen molar-refractivity contribution in [1.82, 2.24) is 10.2 Å². The van der Waals surface area contributed by atoms with E-state index in [9.17, 15) is 9.59 Å². The van der Waals surface area contributed by atoms with Gasteiger partial charge in [0.15, 0.2) is 6.61 Å². The van der Waals surface area contributed by atoms with E-state index in [1.54, 1.807) is 4.90 Å². The molecule has 0 spiro atoms. The Morgan fingerprint density at radius 1 is 1.00 bits per heavy atom. The van der Waals surface area contributed by atoms with Crippen LogP contribution in [0.5, 0.6) is 5.75 Å². The van der Waals surface area contributed by atoms with Gasteiger partial charge in [0.25, 0.3) is 5.91 Å². The first-order valence-electron chi connectivity index (χ1n) is 10.9. The third kappa shape index (κ3) is 6.61. The number of amides is 2. The number of hydrogen-bond acceptors (Lipinski definition) is 3. The van der Waals surface area contributed by atoms with Crippen LogP contribution in [0, 0.1) is 0 Å². The Labute approximate surface area is 179 Å². The zero-order chi connectivity index (χ0) is 21.2. The molecule has 2 aromatic carbocycles. The highest BCUT2D eigenvalue weighted by Crippen LogP contribution is 2.18. The SMILES string of the molecule is C[C@H](C(=O)NC1CCCCC1)N(CCc1ccccc1)C(=O)COc1ccccc1. The van der Waals surface area contributed by atoms with Crippen molar-refractivity contribution in [2.24, 2.45) is 0 Å². The van der Waals surface area contributed by atoms with E-state index in [0.717, 1.165) is 31.2 Å². The van der Waals surface area contributed by atoms with Gasteiger partial charge in [-0.15, -0.1) is 0 Å². The molecule has 0 heterocycles. The van der Waals surface area contributed by atoms with Gasteiger partial charge in [-0.25, -0.2) is 0 Å². The largest absolute Gasteiger partial charge is 0.484 e. The van der Waals surface area contributed by atoms with Crippen LogP contribution in [-0.4, -0.2) is 41.9 Å². The fourth-order valence-corrected chi connectivity index (χ4v) is 3.88. The second-order valence-electron chi connectivity index (χ2n) is 7.94. The number of rotatable bonds is 9. The number of para-hydroxylation sites is 1. The molecule has 0 aromatic heterocycles. The average Bonchev–Trinajstić information content (AvgIpc) is 2.79. The summed E-state index contributed by atoms with van der Waals surface area (Å²) < 4.78 is 5.66.